The molecule has 0 radical (unpaired) electrons. The van der Waals surface area contributed by atoms with Crippen molar-refractivity contribution in [3.05, 3.63) is 17.5 Å². The Kier molecular flexibility index (Phi) is 5.02. The van der Waals surface area contributed by atoms with E-state index in [0.29, 0.717) is 12.2 Å². The van der Waals surface area contributed by atoms with Gasteiger partial charge in [0.25, 0.3) is 5.91 Å². The topological polar surface area (TPSA) is 110 Å². The van der Waals surface area contributed by atoms with Crippen LogP contribution in [0.5, 0.6) is 0 Å². The Hall–Kier alpha value is -1.70. The van der Waals surface area contributed by atoms with Gasteiger partial charge in [0.2, 0.25) is 5.76 Å². The van der Waals surface area contributed by atoms with Crippen LogP contribution in [0, 0.1) is 0 Å². The van der Waals surface area contributed by atoms with Crippen molar-refractivity contribution in [3.8, 4) is 0 Å². The number of nitrogens with zero attached hydrogens (tertiary/aromatic N) is 1. The van der Waals surface area contributed by atoms with E-state index < -0.39 is 22.7 Å². The van der Waals surface area contributed by atoms with Crippen LogP contribution in [0.1, 0.15) is 34.4 Å². The monoisotopic (exact) mass is 274 g/mol. The van der Waals surface area contributed by atoms with Crippen LogP contribution in [-0.2, 0) is 10.8 Å². The Balaban J connectivity index is 2.53. The predicted molar refractivity (Wildman–Crippen MR) is 63.9 cm³/mol. The summed E-state index contributed by atoms with van der Waals surface area (Å²) in [6.07, 6.45) is 2.16. The number of rotatable bonds is 6. The highest BCUT2D eigenvalue weighted by atomic mass is 32.2. The van der Waals surface area contributed by atoms with Crippen molar-refractivity contribution in [2.45, 2.75) is 19.4 Å². The minimum Gasteiger partial charge on any atom is -0.475 e. The van der Waals surface area contributed by atoms with Gasteiger partial charge in [-0.1, -0.05) is 5.16 Å². The largest absolute Gasteiger partial charge is 0.475 e. The summed E-state index contributed by atoms with van der Waals surface area (Å²) in [4.78, 5) is 22.2. The number of carboxylic acid groups (broad SMARTS) is 1. The first-order valence-corrected chi connectivity index (χ1v) is 6.93. The first-order valence-electron chi connectivity index (χ1n) is 5.21. The number of amides is 1. The van der Waals surface area contributed by atoms with Crippen LogP contribution in [0.4, 0.5) is 0 Å². The molecule has 0 spiro atoms. The minimum atomic E-state index is -1.28. The minimum absolute atomic E-state index is 0.0862. The molecule has 0 aliphatic carbocycles. The Morgan fingerprint density at radius 2 is 2.28 bits per heavy atom. The number of carbonyl (C=O) groups excluding carboxylic acids is 1. The lowest BCUT2D eigenvalue weighted by Gasteiger charge is -2.11. The Bertz CT molecular complexity index is 471. The van der Waals surface area contributed by atoms with E-state index in [9.17, 15) is 13.8 Å². The number of aromatic nitrogens is 1. The van der Waals surface area contributed by atoms with E-state index in [1.165, 1.54) is 0 Å². The molecule has 2 N–H and O–H groups in total. The average molecular weight is 274 g/mol. The van der Waals surface area contributed by atoms with E-state index in [1.54, 1.807) is 13.2 Å². The molecule has 18 heavy (non-hydrogen) atoms. The van der Waals surface area contributed by atoms with Gasteiger partial charge in [0.15, 0.2) is 5.69 Å². The molecule has 0 saturated heterocycles. The molecule has 0 saturated carbocycles. The van der Waals surface area contributed by atoms with Crippen molar-refractivity contribution in [2.75, 3.05) is 12.0 Å². The fourth-order valence-corrected chi connectivity index (χ4v) is 1.88. The van der Waals surface area contributed by atoms with Crippen molar-refractivity contribution >= 4 is 22.7 Å². The summed E-state index contributed by atoms with van der Waals surface area (Å²) < 4.78 is 15.4. The number of hydrogen-bond acceptors (Lipinski definition) is 5. The number of hydrogen-bond donors (Lipinski definition) is 2. The molecule has 2 atom stereocenters. The van der Waals surface area contributed by atoms with Gasteiger partial charge in [0.05, 0.1) is 0 Å². The highest BCUT2D eigenvalue weighted by Gasteiger charge is 2.17. The van der Waals surface area contributed by atoms with E-state index in [2.05, 4.69) is 15.0 Å². The van der Waals surface area contributed by atoms with Gasteiger partial charge in [-0.15, -0.1) is 0 Å². The molecule has 0 aliphatic rings. The second kappa shape index (κ2) is 6.29. The molecule has 1 aromatic rings. The van der Waals surface area contributed by atoms with Crippen LogP contribution in [0.3, 0.4) is 0 Å². The third kappa shape index (κ3) is 4.28. The number of aromatic carboxylic acids is 1. The maximum atomic E-state index is 11.6. The summed E-state index contributed by atoms with van der Waals surface area (Å²) in [5.74, 6) is -1.69. The SMILES string of the molecule is CC(CCS(C)=O)NC(=O)c1cc(C(=O)O)on1. The second-order valence-electron chi connectivity index (χ2n) is 3.82. The lowest BCUT2D eigenvalue weighted by atomic mass is 10.2. The molecule has 7 nitrogen and oxygen atoms in total. The zero-order chi connectivity index (χ0) is 13.7. The number of carbonyl (C=O) groups is 2. The quantitative estimate of drug-likeness (QED) is 0.770. The van der Waals surface area contributed by atoms with Crippen molar-refractivity contribution in [1.82, 2.24) is 10.5 Å². The van der Waals surface area contributed by atoms with E-state index in [1.807, 2.05) is 0 Å². The predicted octanol–water partition coefficient (Wildman–Crippen LogP) is 0.260. The first kappa shape index (κ1) is 14.4. The van der Waals surface area contributed by atoms with E-state index in [4.69, 9.17) is 5.11 Å². The summed E-state index contributed by atoms with van der Waals surface area (Å²) in [6, 6.07) is 0.883. The molecule has 0 bridgehead atoms. The lowest BCUT2D eigenvalue weighted by Crippen LogP contribution is -2.33. The standard InChI is InChI=1S/C10H14N2O5S/c1-6(3-4-18(2)16)11-9(13)7-5-8(10(14)15)17-12-7/h5-6H,3-4H2,1-2H3,(H,11,13)(H,14,15). The van der Waals surface area contributed by atoms with E-state index >= 15 is 0 Å². The number of nitrogens with one attached hydrogen (secondary N) is 1. The number of carboxylic acids is 1. The summed E-state index contributed by atoms with van der Waals surface area (Å²) >= 11 is 0. The Morgan fingerprint density at radius 3 is 2.78 bits per heavy atom. The molecule has 1 aromatic heterocycles. The molecule has 1 heterocycles. The molecule has 1 amide bonds. The molecule has 100 valence electrons. The summed E-state index contributed by atoms with van der Waals surface area (Å²) in [7, 11) is -0.911. The van der Waals surface area contributed by atoms with Gasteiger partial charge in [-0.3, -0.25) is 9.00 Å². The van der Waals surface area contributed by atoms with Crippen LogP contribution < -0.4 is 5.32 Å². The molecular weight excluding hydrogens is 260 g/mol. The second-order valence-corrected chi connectivity index (χ2v) is 5.38. The molecule has 0 fully saturated rings. The van der Waals surface area contributed by atoms with Crippen molar-refractivity contribution in [2.24, 2.45) is 0 Å². The Labute approximate surface area is 106 Å². The summed E-state index contributed by atoms with van der Waals surface area (Å²) in [5, 5.41) is 14.6. The first-order chi connectivity index (χ1) is 8.40. The molecule has 0 aromatic carbocycles. The zero-order valence-corrected chi connectivity index (χ0v) is 10.8. The molecule has 8 heteroatoms. The van der Waals surface area contributed by atoms with Gasteiger partial charge < -0.3 is 14.9 Å². The molecule has 1 rings (SSSR count). The maximum Gasteiger partial charge on any atom is 0.374 e. The van der Waals surface area contributed by atoms with Crippen molar-refractivity contribution < 1.29 is 23.4 Å². The highest BCUT2D eigenvalue weighted by Crippen LogP contribution is 2.04. The lowest BCUT2D eigenvalue weighted by molar-refractivity contribution is 0.0651. The third-order valence-electron chi connectivity index (χ3n) is 2.17. The highest BCUT2D eigenvalue weighted by molar-refractivity contribution is 7.84. The van der Waals surface area contributed by atoms with Crippen LogP contribution >= 0.6 is 0 Å². The zero-order valence-electron chi connectivity index (χ0n) is 10.0. The summed E-state index contributed by atoms with van der Waals surface area (Å²) in [6.45, 7) is 1.77. The fourth-order valence-electron chi connectivity index (χ4n) is 1.20. The van der Waals surface area contributed by atoms with Crippen LogP contribution in [0.25, 0.3) is 0 Å². The van der Waals surface area contributed by atoms with Crippen LogP contribution in [0.2, 0.25) is 0 Å². The Morgan fingerprint density at radius 1 is 1.61 bits per heavy atom. The third-order valence-corrected chi connectivity index (χ3v) is 2.98. The normalized spacial score (nSPS) is 13.9. The van der Waals surface area contributed by atoms with Gasteiger partial charge in [-0.05, 0) is 13.3 Å². The van der Waals surface area contributed by atoms with Crippen molar-refractivity contribution in [1.29, 1.82) is 0 Å². The van der Waals surface area contributed by atoms with Crippen molar-refractivity contribution in [3.63, 3.8) is 0 Å². The molecule has 2 unspecified atom stereocenters. The fraction of sp³-hybridized carbons (Fsp3) is 0.500. The molecule has 0 aliphatic heterocycles. The van der Waals surface area contributed by atoms with E-state index in [0.717, 1.165) is 6.07 Å². The van der Waals surface area contributed by atoms with Gasteiger partial charge in [-0.2, -0.15) is 0 Å². The average Bonchev–Trinajstić information content (AvgIpc) is 2.75. The van der Waals surface area contributed by atoms with E-state index in [-0.39, 0.29) is 17.5 Å². The van der Waals surface area contributed by atoms with Gasteiger partial charge >= 0.3 is 5.97 Å². The van der Waals surface area contributed by atoms with Gasteiger partial charge in [0, 0.05) is 34.9 Å². The van der Waals surface area contributed by atoms with Crippen LogP contribution in [0.15, 0.2) is 10.6 Å². The van der Waals surface area contributed by atoms with Gasteiger partial charge in [0.1, 0.15) is 0 Å². The van der Waals surface area contributed by atoms with Crippen LogP contribution in [-0.4, -0.2) is 44.4 Å². The summed E-state index contributed by atoms with van der Waals surface area (Å²) in [5.41, 5.74) is -0.0862. The van der Waals surface area contributed by atoms with Gasteiger partial charge in [-0.25, -0.2) is 4.79 Å². The maximum absolute atomic E-state index is 11.6. The smallest absolute Gasteiger partial charge is 0.374 e. The molecular formula is C10H14N2O5S.